The maximum atomic E-state index is 13.1. The SMILES string of the molecule is CC(C)c1ccc([C@@H]2C(=O)N(C)C(N)=N[C@]2(C)c2nc(Br)cs2)cc1. The smallest absolute Gasteiger partial charge is 0.239 e. The predicted octanol–water partition coefficient (Wildman–Crippen LogP) is 3.81. The zero-order valence-electron chi connectivity index (χ0n) is 14.7. The Bertz CT molecular complexity index is 830. The number of aromatic nitrogens is 1. The lowest BCUT2D eigenvalue weighted by Crippen LogP contribution is -2.52. The van der Waals surface area contributed by atoms with Crippen LogP contribution in [0.15, 0.2) is 39.2 Å². The Balaban J connectivity index is 2.14. The number of benzene rings is 1. The molecule has 25 heavy (non-hydrogen) atoms. The summed E-state index contributed by atoms with van der Waals surface area (Å²) in [4.78, 5) is 23.7. The largest absolute Gasteiger partial charge is 0.369 e. The van der Waals surface area contributed by atoms with Crippen LogP contribution in [0, 0.1) is 0 Å². The molecule has 1 aromatic heterocycles. The normalized spacial score (nSPS) is 23.9. The zero-order chi connectivity index (χ0) is 18.4. The van der Waals surface area contributed by atoms with E-state index in [2.05, 4.69) is 51.9 Å². The summed E-state index contributed by atoms with van der Waals surface area (Å²) in [5, 5.41) is 2.66. The fourth-order valence-corrected chi connectivity index (χ4v) is 4.51. The van der Waals surface area contributed by atoms with Crippen LogP contribution in [0.25, 0.3) is 0 Å². The fourth-order valence-electron chi connectivity index (χ4n) is 3.12. The molecule has 1 aromatic carbocycles. The van der Waals surface area contributed by atoms with Crippen molar-refractivity contribution in [3.05, 3.63) is 50.4 Å². The summed E-state index contributed by atoms with van der Waals surface area (Å²) in [7, 11) is 1.66. The number of guanidine groups is 1. The molecule has 2 atom stereocenters. The number of rotatable bonds is 3. The Hall–Kier alpha value is -1.73. The van der Waals surface area contributed by atoms with Gasteiger partial charge in [-0.2, -0.15) is 0 Å². The lowest BCUT2D eigenvalue weighted by Gasteiger charge is -2.39. The van der Waals surface area contributed by atoms with Crippen molar-refractivity contribution in [1.29, 1.82) is 0 Å². The van der Waals surface area contributed by atoms with E-state index >= 15 is 0 Å². The number of thiazole rings is 1. The van der Waals surface area contributed by atoms with Crippen LogP contribution in [-0.4, -0.2) is 28.8 Å². The Morgan fingerprint density at radius 1 is 1.32 bits per heavy atom. The molecule has 0 fully saturated rings. The van der Waals surface area contributed by atoms with E-state index < -0.39 is 11.5 Å². The first-order chi connectivity index (χ1) is 11.7. The highest BCUT2D eigenvalue weighted by molar-refractivity contribution is 9.10. The lowest BCUT2D eigenvalue weighted by atomic mass is 9.78. The van der Waals surface area contributed by atoms with Crippen molar-refractivity contribution in [3.63, 3.8) is 0 Å². The van der Waals surface area contributed by atoms with E-state index in [1.807, 2.05) is 24.4 Å². The van der Waals surface area contributed by atoms with E-state index in [1.54, 1.807) is 7.05 Å². The van der Waals surface area contributed by atoms with Crippen molar-refractivity contribution < 1.29 is 4.79 Å². The van der Waals surface area contributed by atoms with Crippen LogP contribution >= 0.6 is 27.3 Å². The zero-order valence-corrected chi connectivity index (χ0v) is 17.1. The minimum atomic E-state index is -0.830. The highest BCUT2D eigenvalue weighted by atomic mass is 79.9. The molecule has 0 aliphatic carbocycles. The first kappa shape index (κ1) is 18.1. The molecule has 132 valence electrons. The maximum absolute atomic E-state index is 13.1. The summed E-state index contributed by atoms with van der Waals surface area (Å²) in [5.41, 5.74) is 7.34. The van der Waals surface area contributed by atoms with E-state index in [9.17, 15) is 4.79 Å². The molecule has 0 saturated heterocycles. The van der Waals surface area contributed by atoms with Gasteiger partial charge in [0.1, 0.15) is 15.1 Å². The van der Waals surface area contributed by atoms with Gasteiger partial charge in [0, 0.05) is 12.4 Å². The van der Waals surface area contributed by atoms with E-state index in [4.69, 9.17) is 5.73 Å². The van der Waals surface area contributed by atoms with Crippen LogP contribution in [0.1, 0.15) is 48.7 Å². The van der Waals surface area contributed by atoms with Crippen LogP contribution < -0.4 is 5.73 Å². The molecule has 0 unspecified atom stereocenters. The predicted molar refractivity (Wildman–Crippen MR) is 105 cm³/mol. The van der Waals surface area contributed by atoms with Crippen molar-refractivity contribution in [3.8, 4) is 0 Å². The number of carbonyl (C=O) groups is 1. The number of halogens is 1. The summed E-state index contributed by atoms with van der Waals surface area (Å²) >= 11 is 4.87. The topological polar surface area (TPSA) is 71.6 Å². The first-order valence-corrected chi connectivity index (χ1v) is 9.75. The van der Waals surface area contributed by atoms with Gasteiger partial charge in [-0.25, -0.2) is 9.98 Å². The van der Waals surface area contributed by atoms with E-state index in [0.717, 1.165) is 15.2 Å². The summed E-state index contributed by atoms with van der Waals surface area (Å²) in [6.07, 6.45) is 0. The molecule has 2 N–H and O–H groups in total. The molecule has 1 aliphatic rings. The van der Waals surface area contributed by atoms with E-state index in [1.165, 1.54) is 21.8 Å². The summed E-state index contributed by atoms with van der Waals surface area (Å²) in [5.74, 6) is 0.116. The monoisotopic (exact) mass is 420 g/mol. The minimum Gasteiger partial charge on any atom is -0.369 e. The second-order valence-electron chi connectivity index (χ2n) is 6.74. The maximum Gasteiger partial charge on any atom is 0.239 e. The highest BCUT2D eigenvalue weighted by Crippen LogP contribution is 2.45. The van der Waals surface area contributed by atoms with Crippen LogP contribution in [0.4, 0.5) is 0 Å². The summed E-state index contributed by atoms with van der Waals surface area (Å²) in [6, 6.07) is 8.19. The van der Waals surface area contributed by atoms with Gasteiger partial charge in [-0.15, -0.1) is 11.3 Å². The second-order valence-corrected chi connectivity index (χ2v) is 8.42. The Labute approximate surface area is 160 Å². The standard InChI is InChI=1S/C18H21BrN4OS/c1-10(2)11-5-7-12(8-6-11)14-15(24)23(4)17(20)22-18(14,3)16-21-13(19)9-25-16/h5-10,14H,1-4H3,(H2,20,22)/t14-,18+/m1/s1. The highest BCUT2D eigenvalue weighted by Gasteiger charge is 2.48. The molecule has 5 nitrogen and oxygen atoms in total. The van der Waals surface area contributed by atoms with Gasteiger partial charge in [0.15, 0.2) is 5.96 Å². The molecular weight excluding hydrogens is 400 g/mol. The lowest BCUT2D eigenvalue weighted by molar-refractivity contribution is -0.130. The molecule has 0 saturated carbocycles. The third kappa shape index (κ3) is 3.11. The van der Waals surface area contributed by atoms with Crippen molar-refractivity contribution in [2.45, 2.75) is 38.1 Å². The number of hydrogen-bond acceptors (Lipinski definition) is 5. The number of likely N-dealkylation sites (N-methyl/N-ethyl adjacent to an activating group) is 1. The number of nitrogens with zero attached hydrogens (tertiary/aromatic N) is 3. The van der Waals surface area contributed by atoms with E-state index in [0.29, 0.717) is 5.92 Å². The van der Waals surface area contributed by atoms with Gasteiger partial charge in [0.25, 0.3) is 0 Å². The molecular formula is C18H21BrN4OS. The molecule has 1 amide bonds. The summed E-state index contributed by atoms with van der Waals surface area (Å²) < 4.78 is 0.739. The van der Waals surface area contributed by atoms with Gasteiger partial charge in [0.05, 0.1) is 5.92 Å². The van der Waals surface area contributed by atoms with Gasteiger partial charge in [-0.05, 0) is 39.9 Å². The molecule has 2 aromatic rings. The second kappa shape index (κ2) is 6.53. The van der Waals surface area contributed by atoms with Crippen molar-refractivity contribution in [2.24, 2.45) is 10.7 Å². The average molecular weight is 421 g/mol. The molecule has 0 radical (unpaired) electrons. The number of amides is 1. The first-order valence-electron chi connectivity index (χ1n) is 8.08. The molecule has 3 rings (SSSR count). The third-order valence-corrected chi connectivity index (χ3v) is 6.45. The quantitative estimate of drug-likeness (QED) is 0.819. The van der Waals surface area contributed by atoms with Crippen molar-refractivity contribution in [2.75, 3.05) is 7.05 Å². The molecule has 7 heteroatoms. The van der Waals surface area contributed by atoms with Gasteiger partial charge in [-0.1, -0.05) is 38.1 Å². The van der Waals surface area contributed by atoms with E-state index in [-0.39, 0.29) is 11.9 Å². The van der Waals surface area contributed by atoms with Crippen molar-refractivity contribution in [1.82, 2.24) is 9.88 Å². The third-order valence-electron chi connectivity index (χ3n) is 4.68. The number of hydrogen-bond donors (Lipinski definition) is 1. The minimum absolute atomic E-state index is 0.0707. The molecule has 2 heterocycles. The molecule has 0 spiro atoms. The van der Waals surface area contributed by atoms with Crippen LogP contribution in [0.3, 0.4) is 0 Å². The molecule has 1 aliphatic heterocycles. The number of carbonyl (C=O) groups excluding carboxylic acids is 1. The Morgan fingerprint density at radius 3 is 2.48 bits per heavy atom. The fraction of sp³-hybridized carbons (Fsp3) is 0.389. The van der Waals surface area contributed by atoms with Gasteiger partial charge in [-0.3, -0.25) is 9.69 Å². The Morgan fingerprint density at radius 2 is 1.96 bits per heavy atom. The van der Waals surface area contributed by atoms with Gasteiger partial charge < -0.3 is 5.73 Å². The van der Waals surface area contributed by atoms with Crippen LogP contribution in [0.2, 0.25) is 0 Å². The Kier molecular flexibility index (Phi) is 4.72. The number of aliphatic imine (C=N–C) groups is 1. The van der Waals surface area contributed by atoms with Gasteiger partial charge >= 0.3 is 0 Å². The number of nitrogens with two attached hydrogens (primary N) is 1. The molecule has 0 bridgehead atoms. The van der Waals surface area contributed by atoms with Gasteiger partial charge in [0.2, 0.25) is 5.91 Å². The van der Waals surface area contributed by atoms with Crippen LogP contribution in [0.5, 0.6) is 0 Å². The van der Waals surface area contributed by atoms with Crippen LogP contribution in [-0.2, 0) is 10.3 Å². The average Bonchev–Trinajstić information content (AvgIpc) is 3.00. The van der Waals surface area contributed by atoms with Crippen molar-refractivity contribution >= 4 is 39.1 Å². The summed E-state index contributed by atoms with van der Waals surface area (Å²) in [6.45, 7) is 6.23.